The number of hydrogen-bond donors (Lipinski definition) is 3. The highest BCUT2D eigenvalue weighted by atomic mass is 16.3. The summed E-state index contributed by atoms with van der Waals surface area (Å²) in [7, 11) is 0. The highest BCUT2D eigenvalue weighted by Crippen LogP contribution is 2.26. The summed E-state index contributed by atoms with van der Waals surface area (Å²) in [5, 5.41) is 22.3. The molecule has 3 N–H and O–H groups in total. The van der Waals surface area contributed by atoms with Gasteiger partial charge in [0.1, 0.15) is 11.5 Å². The van der Waals surface area contributed by atoms with Crippen LogP contribution in [0.15, 0.2) is 42.5 Å². The monoisotopic (exact) mass is 257 g/mol. The Balaban J connectivity index is 2.14. The predicted molar refractivity (Wildman–Crippen MR) is 77.6 cm³/mol. The lowest BCUT2D eigenvalue weighted by Crippen LogP contribution is -2.03. The molecule has 3 heteroatoms. The highest BCUT2D eigenvalue weighted by molar-refractivity contribution is 5.53. The second-order valence-corrected chi connectivity index (χ2v) is 4.91. The van der Waals surface area contributed by atoms with E-state index in [-0.39, 0.29) is 11.5 Å². The van der Waals surface area contributed by atoms with Crippen LogP contribution < -0.4 is 5.32 Å². The molecule has 19 heavy (non-hydrogen) atoms. The lowest BCUT2D eigenvalue weighted by atomic mass is 10.0. The third kappa shape index (κ3) is 3.19. The Morgan fingerprint density at radius 1 is 1.05 bits per heavy atom. The normalized spacial score (nSPS) is 10.7. The van der Waals surface area contributed by atoms with Crippen LogP contribution in [0, 0.1) is 0 Å². The van der Waals surface area contributed by atoms with Gasteiger partial charge in [0.25, 0.3) is 0 Å². The Bertz CT molecular complexity index is 564. The molecule has 0 aliphatic heterocycles. The Hall–Kier alpha value is -2.16. The number of para-hydroxylation sites is 1. The van der Waals surface area contributed by atoms with Gasteiger partial charge in [0.15, 0.2) is 0 Å². The van der Waals surface area contributed by atoms with Crippen molar-refractivity contribution >= 4 is 5.69 Å². The van der Waals surface area contributed by atoms with Gasteiger partial charge in [-0.25, -0.2) is 0 Å². The Morgan fingerprint density at radius 3 is 2.47 bits per heavy atom. The molecule has 3 nitrogen and oxygen atoms in total. The van der Waals surface area contributed by atoms with Crippen LogP contribution in [0.3, 0.4) is 0 Å². The summed E-state index contributed by atoms with van der Waals surface area (Å²) >= 11 is 0. The molecule has 2 aromatic rings. The van der Waals surface area contributed by atoms with E-state index in [1.54, 1.807) is 12.1 Å². The van der Waals surface area contributed by atoms with Crippen LogP contribution in [0.2, 0.25) is 0 Å². The van der Waals surface area contributed by atoms with Gasteiger partial charge < -0.3 is 15.5 Å². The van der Waals surface area contributed by atoms with Crippen LogP contribution in [0.25, 0.3) is 0 Å². The first-order chi connectivity index (χ1) is 9.08. The van der Waals surface area contributed by atoms with Crippen molar-refractivity contribution in [3.63, 3.8) is 0 Å². The van der Waals surface area contributed by atoms with Crippen LogP contribution in [-0.4, -0.2) is 10.2 Å². The summed E-state index contributed by atoms with van der Waals surface area (Å²) in [6, 6.07) is 12.8. The first-order valence-corrected chi connectivity index (χ1v) is 6.41. The average molecular weight is 257 g/mol. The number of benzene rings is 2. The van der Waals surface area contributed by atoms with Gasteiger partial charge in [-0.3, -0.25) is 0 Å². The maximum atomic E-state index is 9.75. The van der Waals surface area contributed by atoms with Crippen molar-refractivity contribution in [2.24, 2.45) is 0 Å². The smallest absolute Gasteiger partial charge is 0.124 e. The van der Waals surface area contributed by atoms with E-state index in [0.717, 1.165) is 11.3 Å². The molecule has 2 aromatic carbocycles. The molecule has 0 amide bonds. The number of phenolic OH excluding ortho intramolecular Hbond substituents is 2. The molecule has 0 bridgehead atoms. The zero-order valence-corrected chi connectivity index (χ0v) is 11.2. The number of hydrogen-bond acceptors (Lipinski definition) is 3. The van der Waals surface area contributed by atoms with Gasteiger partial charge in [0, 0.05) is 23.9 Å². The minimum Gasteiger partial charge on any atom is -0.508 e. The maximum Gasteiger partial charge on any atom is 0.124 e. The van der Waals surface area contributed by atoms with E-state index in [1.165, 1.54) is 11.6 Å². The third-order valence-corrected chi connectivity index (χ3v) is 3.12. The standard InChI is InChI=1S/C16H19NO2/c1-11(2)14-5-3-4-6-15(14)17-10-12-7-8-13(18)9-16(12)19/h3-9,11,17-19H,10H2,1-2H3. The number of aromatic hydroxyl groups is 2. The van der Waals surface area contributed by atoms with Gasteiger partial charge in [-0.15, -0.1) is 0 Å². The fourth-order valence-electron chi connectivity index (χ4n) is 2.05. The summed E-state index contributed by atoms with van der Waals surface area (Å²) < 4.78 is 0. The molecule has 2 rings (SSSR count). The molecule has 0 saturated heterocycles. The van der Waals surface area contributed by atoms with Crippen molar-refractivity contribution in [1.82, 2.24) is 0 Å². The van der Waals surface area contributed by atoms with Crippen molar-refractivity contribution in [2.45, 2.75) is 26.3 Å². The van der Waals surface area contributed by atoms with Gasteiger partial charge in [-0.2, -0.15) is 0 Å². The van der Waals surface area contributed by atoms with Crippen molar-refractivity contribution < 1.29 is 10.2 Å². The molecule has 0 unspecified atom stereocenters. The van der Waals surface area contributed by atoms with E-state index < -0.39 is 0 Å². The van der Waals surface area contributed by atoms with Crippen LogP contribution >= 0.6 is 0 Å². The fraction of sp³-hybridized carbons (Fsp3) is 0.250. The van der Waals surface area contributed by atoms with E-state index in [2.05, 4.69) is 25.2 Å². The number of nitrogens with one attached hydrogen (secondary N) is 1. The molecule has 0 atom stereocenters. The second kappa shape index (κ2) is 5.65. The molecule has 0 radical (unpaired) electrons. The molecule has 0 saturated carbocycles. The highest BCUT2D eigenvalue weighted by Gasteiger charge is 2.07. The molecular weight excluding hydrogens is 238 g/mol. The molecule has 0 aliphatic carbocycles. The van der Waals surface area contributed by atoms with Crippen LogP contribution in [-0.2, 0) is 6.54 Å². The van der Waals surface area contributed by atoms with E-state index >= 15 is 0 Å². The Kier molecular flexibility index (Phi) is 3.95. The van der Waals surface area contributed by atoms with Gasteiger partial charge in [-0.05, 0) is 29.7 Å². The number of rotatable bonds is 4. The van der Waals surface area contributed by atoms with E-state index in [9.17, 15) is 10.2 Å². The molecule has 0 spiro atoms. The van der Waals surface area contributed by atoms with E-state index in [0.29, 0.717) is 12.5 Å². The number of anilines is 1. The lowest BCUT2D eigenvalue weighted by molar-refractivity contribution is 0.446. The van der Waals surface area contributed by atoms with Crippen molar-refractivity contribution in [1.29, 1.82) is 0 Å². The predicted octanol–water partition coefficient (Wildman–Crippen LogP) is 3.83. The van der Waals surface area contributed by atoms with Crippen LogP contribution in [0.4, 0.5) is 5.69 Å². The molecule has 0 aromatic heterocycles. The molecule has 0 aliphatic rings. The van der Waals surface area contributed by atoms with Gasteiger partial charge in [-0.1, -0.05) is 32.0 Å². The summed E-state index contributed by atoms with van der Waals surface area (Å²) in [6.45, 7) is 4.83. The molecule has 0 heterocycles. The van der Waals surface area contributed by atoms with Crippen LogP contribution in [0.1, 0.15) is 30.9 Å². The van der Waals surface area contributed by atoms with Crippen molar-refractivity contribution in [2.75, 3.05) is 5.32 Å². The Labute approximate surface area is 113 Å². The molecule has 0 fully saturated rings. The van der Waals surface area contributed by atoms with E-state index in [1.807, 2.05) is 18.2 Å². The van der Waals surface area contributed by atoms with Crippen molar-refractivity contribution in [3.05, 3.63) is 53.6 Å². The number of phenols is 2. The summed E-state index contributed by atoms with van der Waals surface area (Å²) in [4.78, 5) is 0. The summed E-state index contributed by atoms with van der Waals surface area (Å²) in [5.41, 5.74) is 3.09. The van der Waals surface area contributed by atoms with Gasteiger partial charge >= 0.3 is 0 Å². The minimum absolute atomic E-state index is 0.0730. The minimum atomic E-state index is 0.0730. The van der Waals surface area contributed by atoms with Gasteiger partial charge in [0.05, 0.1) is 0 Å². The first-order valence-electron chi connectivity index (χ1n) is 6.41. The van der Waals surface area contributed by atoms with Crippen molar-refractivity contribution in [3.8, 4) is 11.5 Å². The third-order valence-electron chi connectivity index (χ3n) is 3.12. The first kappa shape index (κ1) is 13.3. The fourth-order valence-corrected chi connectivity index (χ4v) is 2.05. The molecular formula is C16H19NO2. The van der Waals surface area contributed by atoms with Gasteiger partial charge in [0.2, 0.25) is 0 Å². The quantitative estimate of drug-likeness (QED) is 0.780. The second-order valence-electron chi connectivity index (χ2n) is 4.91. The maximum absolute atomic E-state index is 9.75. The molecule has 100 valence electrons. The zero-order valence-electron chi connectivity index (χ0n) is 11.2. The Morgan fingerprint density at radius 2 is 1.79 bits per heavy atom. The lowest BCUT2D eigenvalue weighted by Gasteiger charge is -2.15. The summed E-state index contributed by atoms with van der Waals surface area (Å²) in [6.07, 6.45) is 0. The zero-order chi connectivity index (χ0) is 13.8. The van der Waals surface area contributed by atoms with Crippen LogP contribution in [0.5, 0.6) is 11.5 Å². The topological polar surface area (TPSA) is 52.5 Å². The average Bonchev–Trinajstić information content (AvgIpc) is 2.38. The summed E-state index contributed by atoms with van der Waals surface area (Å²) in [5.74, 6) is 0.621. The largest absolute Gasteiger partial charge is 0.508 e. The SMILES string of the molecule is CC(C)c1ccccc1NCc1ccc(O)cc1O. The van der Waals surface area contributed by atoms with E-state index in [4.69, 9.17) is 0 Å².